The van der Waals surface area contributed by atoms with E-state index in [0.717, 1.165) is 53.5 Å². The number of carbonyl (C=O) groups excluding carboxylic acids is 1. The number of fused-ring (bicyclic) bond motifs is 1. The van der Waals surface area contributed by atoms with Crippen LogP contribution in [0, 0.1) is 0 Å². The molecule has 1 aliphatic heterocycles. The second-order valence-electron chi connectivity index (χ2n) is 7.21. The summed E-state index contributed by atoms with van der Waals surface area (Å²) in [6.07, 6.45) is 7.49. The van der Waals surface area contributed by atoms with Gasteiger partial charge in [0.15, 0.2) is 17.1 Å². The van der Waals surface area contributed by atoms with Crippen LogP contribution in [0.3, 0.4) is 0 Å². The van der Waals surface area contributed by atoms with Crippen LogP contribution in [0.2, 0.25) is 0 Å². The Kier molecular flexibility index (Phi) is 5.51. The van der Waals surface area contributed by atoms with Gasteiger partial charge in [-0.15, -0.1) is 0 Å². The maximum absolute atomic E-state index is 11.1. The van der Waals surface area contributed by atoms with E-state index in [1.165, 1.54) is 18.7 Å². The minimum Gasteiger partial charge on any atom is -0.492 e. The van der Waals surface area contributed by atoms with Crippen molar-refractivity contribution in [2.45, 2.75) is 32.2 Å². The third kappa shape index (κ3) is 3.58. The molecule has 0 spiro atoms. The standard InChI is InChI=1S/C23H26N4O2/c1-24-18-12-11-17(14-19(18)25-16-28)21-15-27(20-8-5-6-9-22(20)29-2)23-10-4-3-7-13-26(21)23/h5-6,8-9,11-12,14-16,24H,3-4,7,10,13H2,1-2H3/p+1. The van der Waals surface area contributed by atoms with Crippen LogP contribution in [0.1, 0.15) is 25.1 Å². The largest absolute Gasteiger partial charge is 0.492 e. The van der Waals surface area contributed by atoms with Crippen LogP contribution in [-0.2, 0) is 17.8 Å². The molecule has 1 aromatic heterocycles. The minimum atomic E-state index is 0.716. The van der Waals surface area contributed by atoms with Crippen molar-refractivity contribution >= 4 is 17.8 Å². The minimum absolute atomic E-state index is 0.716. The molecule has 150 valence electrons. The van der Waals surface area contributed by atoms with Gasteiger partial charge in [-0.05, 0) is 49.6 Å². The van der Waals surface area contributed by atoms with Crippen LogP contribution in [0.5, 0.6) is 5.75 Å². The van der Waals surface area contributed by atoms with Crippen molar-refractivity contribution in [3.8, 4) is 22.7 Å². The van der Waals surface area contributed by atoms with Crippen LogP contribution < -0.4 is 19.9 Å². The lowest BCUT2D eigenvalue weighted by molar-refractivity contribution is -0.604. The molecule has 0 saturated heterocycles. The third-order valence-corrected chi connectivity index (χ3v) is 5.56. The molecule has 0 aliphatic carbocycles. The van der Waals surface area contributed by atoms with E-state index in [9.17, 15) is 4.79 Å². The lowest BCUT2D eigenvalue weighted by atomic mass is 10.1. The zero-order valence-electron chi connectivity index (χ0n) is 16.9. The number of hydrogen-bond acceptors (Lipinski definition) is 3. The number of methoxy groups -OCH3 is 1. The third-order valence-electron chi connectivity index (χ3n) is 5.56. The molecule has 3 aromatic rings. The Hall–Kier alpha value is -3.28. The number of imidazole rings is 1. The van der Waals surface area contributed by atoms with Gasteiger partial charge in [-0.1, -0.05) is 12.1 Å². The van der Waals surface area contributed by atoms with Gasteiger partial charge in [-0.2, -0.15) is 4.57 Å². The number of aromatic nitrogens is 2. The van der Waals surface area contributed by atoms with E-state index < -0.39 is 0 Å². The molecule has 2 N–H and O–H groups in total. The summed E-state index contributed by atoms with van der Waals surface area (Å²) in [5, 5.41) is 5.93. The normalized spacial score (nSPS) is 13.3. The number of hydrogen-bond donors (Lipinski definition) is 2. The monoisotopic (exact) mass is 391 g/mol. The molecule has 1 amide bonds. The second-order valence-corrected chi connectivity index (χ2v) is 7.21. The van der Waals surface area contributed by atoms with E-state index in [4.69, 9.17) is 4.74 Å². The fourth-order valence-corrected chi connectivity index (χ4v) is 4.14. The Morgan fingerprint density at radius 1 is 1.10 bits per heavy atom. The van der Waals surface area contributed by atoms with Gasteiger partial charge in [-0.25, -0.2) is 4.57 Å². The molecule has 6 nitrogen and oxygen atoms in total. The number of anilines is 2. The molecule has 2 heterocycles. The van der Waals surface area contributed by atoms with E-state index in [2.05, 4.69) is 38.1 Å². The Bertz CT molecular complexity index is 1030. The first-order valence-electron chi connectivity index (χ1n) is 10.1. The molecule has 0 saturated carbocycles. The number of benzene rings is 2. The van der Waals surface area contributed by atoms with E-state index in [1.54, 1.807) is 7.11 Å². The summed E-state index contributed by atoms with van der Waals surface area (Å²) < 4.78 is 10.3. The Morgan fingerprint density at radius 3 is 2.76 bits per heavy atom. The molecule has 6 heteroatoms. The summed E-state index contributed by atoms with van der Waals surface area (Å²) in [6.45, 7) is 0.983. The highest BCUT2D eigenvalue weighted by Gasteiger charge is 2.28. The average Bonchev–Trinajstić information content (AvgIpc) is 2.94. The molecule has 0 bridgehead atoms. The summed E-state index contributed by atoms with van der Waals surface area (Å²) in [5.41, 5.74) is 4.92. The number of amides is 1. The zero-order chi connectivity index (χ0) is 20.2. The van der Waals surface area contributed by atoms with Gasteiger partial charge in [0.25, 0.3) is 5.82 Å². The number of carbonyl (C=O) groups is 1. The van der Waals surface area contributed by atoms with Crippen LogP contribution in [0.25, 0.3) is 16.9 Å². The van der Waals surface area contributed by atoms with Crippen LogP contribution >= 0.6 is 0 Å². The molecule has 2 aromatic carbocycles. The molecule has 0 atom stereocenters. The van der Waals surface area contributed by atoms with Gasteiger partial charge in [0.05, 0.1) is 25.0 Å². The average molecular weight is 391 g/mol. The van der Waals surface area contributed by atoms with Crippen LogP contribution in [-0.4, -0.2) is 25.1 Å². The lowest BCUT2D eigenvalue weighted by Crippen LogP contribution is -2.34. The zero-order valence-corrected chi connectivity index (χ0v) is 16.9. The lowest BCUT2D eigenvalue weighted by Gasteiger charge is -2.10. The van der Waals surface area contributed by atoms with E-state index in [1.807, 2.05) is 37.4 Å². The molecule has 0 fully saturated rings. The van der Waals surface area contributed by atoms with E-state index in [-0.39, 0.29) is 0 Å². The van der Waals surface area contributed by atoms with Crippen LogP contribution in [0.4, 0.5) is 11.4 Å². The van der Waals surface area contributed by atoms with Gasteiger partial charge in [-0.3, -0.25) is 4.79 Å². The Morgan fingerprint density at radius 2 is 1.97 bits per heavy atom. The quantitative estimate of drug-likeness (QED) is 0.497. The number of rotatable bonds is 6. The summed E-state index contributed by atoms with van der Waals surface area (Å²) in [5.74, 6) is 2.14. The number of nitrogens with one attached hydrogen (secondary N) is 2. The van der Waals surface area contributed by atoms with E-state index in [0.29, 0.717) is 6.41 Å². The van der Waals surface area contributed by atoms with Gasteiger partial charge in [0.2, 0.25) is 6.41 Å². The first-order chi connectivity index (χ1) is 14.3. The smallest absolute Gasteiger partial charge is 0.262 e. The summed E-state index contributed by atoms with van der Waals surface area (Å²) in [6, 6.07) is 14.3. The fraction of sp³-hybridized carbons (Fsp3) is 0.304. The predicted octanol–water partition coefficient (Wildman–Crippen LogP) is 3.78. The maximum atomic E-state index is 11.1. The van der Waals surface area contributed by atoms with Gasteiger partial charge >= 0.3 is 0 Å². The molecular weight excluding hydrogens is 364 g/mol. The van der Waals surface area contributed by atoms with Crippen LogP contribution in [0.15, 0.2) is 48.7 Å². The van der Waals surface area contributed by atoms with Crippen molar-refractivity contribution in [2.75, 3.05) is 24.8 Å². The van der Waals surface area contributed by atoms with Crippen molar-refractivity contribution in [1.82, 2.24) is 4.57 Å². The second kappa shape index (κ2) is 8.39. The first-order valence-corrected chi connectivity index (χ1v) is 10.1. The first kappa shape index (κ1) is 19.1. The molecule has 0 radical (unpaired) electrons. The Balaban J connectivity index is 1.90. The number of para-hydroxylation sites is 2. The highest BCUT2D eigenvalue weighted by Crippen LogP contribution is 2.31. The predicted molar refractivity (Wildman–Crippen MR) is 115 cm³/mol. The van der Waals surface area contributed by atoms with Gasteiger partial charge < -0.3 is 15.4 Å². The number of ether oxygens (including phenoxy) is 1. The molecule has 29 heavy (non-hydrogen) atoms. The van der Waals surface area contributed by atoms with E-state index >= 15 is 0 Å². The summed E-state index contributed by atoms with van der Waals surface area (Å²) >= 11 is 0. The summed E-state index contributed by atoms with van der Waals surface area (Å²) in [4.78, 5) is 11.1. The highest BCUT2D eigenvalue weighted by molar-refractivity contribution is 5.84. The Labute approximate surface area is 171 Å². The van der Waals surface area contributed by atoms with Crippen molar-refractivity contribution in [2.24, 2.45) is 0 Å². The number of nitrogens with zero attached hydrogens (tertiary/aromatic N) is 2. The fourth-order valence-electron chi connectivity index (χ4n) is 4.14. The van der Waals surface area contributed by atoms with Gasteiger partial charge in [0.1, 0.15) is 6.20 Å². The molecule has 1 aliphatic rings. The van der Waals surface area contributed by atoms with Crippen molar-refractivity contribution < 1.29 is 14.1 Å². The SMILES string of the molecule is CNc1ccc(-c2c[n+](-c3ccccc3OC)c3n2CCCCC3)cc1NC=O. The van der Waals surface area contributed by atoms with Crippen molar-refractivity contribution in [3.05, 3.63) is 54.5 Å². The maximum Gasteiger partial charge on any atom is 0.262 e. The molecule has 4 rings (SSSR count). The molecular formula is C23H27N4O2+. The topological polar surface area (TPSA) is 59.2 Å². The van der Waals surface area contributed by atoms with Gasteiger partial charge in [0, 0.05) is 19.0 Å². The van der Waals surface area contributed by atoms with Crippen molar-refractivity contribution in [3.63, 3.8) is 0 Å². The molecule has 0 unspecified atom stereocenters. The van der Waals surface area contributed by atoms with Crippen molar-refractivity contribution in [1.29, 1.82) is 0 Å². The highest BCUT2D eigenvalue weighted by atomic mass is 16.5. The summed E-state index contributed by atoms with van der Waals surface area (Å²) in [7, 11) is 3.56.